The summed E-state index contributed by atoms with van der Waals surface area (Å²) in [6.07, 6.45) is -0.0187. The van der Waals surface area contributed by atoms with E-state index in [4.69, 9.17) is 16.1 Å². The molecule has 1 aromatic carbocycles. The van der Waals surface area contributed by atoms with Crippen molar-refractivity contribution in [1.82, 2.24) is 9.88 Å². The molecule has 0 saturated heterocycles. The Morgan fingerprint density at radius 3 is 2.70 bits per heavy atom. The summed E-state index contributed by atoms with van der Waals surface area (Å²) in [5, 5.41) is 6.74. The summed E-state index contributed by atoms with van der Waals surface area (Å²) < 4.78 is 31.5. The van der Waals surface area contributed by atoms with E-state index >= 15 is 0 Å². The normalized spacial score (nSPS) is 11.4. The lowest BCUT2D eigenvalue weighted by molar-refractivity contribution is -0.116. The number of carbonyl (C=O) groups excluding carboxylic acids is 1. The van der Waals surface area contributed by atoms with E-state index in [1.807, 2.05) is 0 Å². The lowest BCUT2D eigenvalue weighted by Crippen LogP contribution is -2.28. The highest BCUT2D eigenvalue weighted by molar-refractivity contribution is 7.89. The van der Waals surface area contributed by atoms with Gasteiger partial charge in [0.25, 0.3) is 0 Å². The number of benzene rings is 1. The molecule has 1 amide bonds. The number of aryl methyl sites for hydroxylation is 2. The average Bonchev–Trinajstić information content (AvgIpc) is 2.78. The highest BCUT2D eigenvalue weighted by Crippen LogP contribution is 2.18. The number of amides is 1. The molecule has 7 nitrogen and oxygen atoms in total. The number of aromatic nitrogens is 1. The zero-order valence-corrected chi connectivity index (χ0v) is 14.2. The molecule has 0 atom stereocenters. The van der Waals surface area contributed by atoms with Crippen molar-refractivity contribution in [3.8, 4) is 0 Å². The molecule has 0 fully saturated rings. The van der Waals surface area contributed by atoms with Crippen LogP contribution in [0, 0.1) is 13.8 Å². The summed E-state index contributed by atoms with van der Waals surface area (Å²) in [5.41, 5.74) is 0.828. The number of rotatable bonds is 6. The van der Waals surface area contributed by atoms with E-state index in [0.29, 0.717) is 10.7 Å². The maximum absolute atomic E-state index is 12.2. The Morgan fingerprint density at radius 2 is 2.09 bits per heavy atom. The fraction of sp³-hybridized carbons (Fsp3) is 0.286. The molecule has 124 valence electrons. The first-order valence-electron chi connectivity index (χ1n) is 6.77. The van der Waals surface area contributed by atoms with Crippen molar-refractivity contribution in [2.45, 2.75) is 25.2 Å². The van der Waals surface area contributed by atoms with Crippen LogP contribution < -0.4 is 10.0 Å². The molecule has 0 unspecified atom stereocenters. The molecule has 23 heavy (non-hydrogen) atoms. The van der Waals surface area contributed by atoms with Crippen LogP contribution in [0.25, 0.3) is 0 Å². The Morgan fingerprint density at radius 1 is 1.35 bits per heavy atom. The van der Waals surface area contributed by atoms with Crippen LogP contribution >= 0.6 is 11.6 Å². The molecule has 2 rings (SSSR count). The first kappa shape index (κ1) is 17.5. The van der Waals surface area contributed by atoms with Crippen LogP contribution in [-0.2, 0) is 14.8 Å². The number of nitrogens with zero attached hydrogens (tertiary/aromatic N) is 1. The van der Waals surface area contributed by atoms with E-state index in [-0.39, 0.29) is 35.2 Å². The standard InChI is InChI=1S/C14H16ClN3O4S/c1-9-14(10(2)22-18-9)23(20,21)16-7-6-13(19)17-12-5-3-4-11(15)8-12/h3-5,8,16H,6-7H2,1-2H3,(H,17,19). The highest BCUT2D eigenvalue weighted by atomic mass is 35.5. The SMILES string of the molecule is Cc1noc(C)c1S(=O)(=O)NCCC(=O)Nc1cccc(Cl)c1. The summed E-state index contributed by atoms with van der Waals surface area (Å²) in [6, 6.07) is 6.69. The molecule has 1 heterocycles. The van der Waals surface area contributed by atoms with Crippen LogP contribution in [0.1, 0.15) is 17.9 Å². The van der Waals surface area contributed by atoms with Crippen LogP contribution in [0.2, 0.25) is 5.02 Å². The van der Waals surface area contributed by atoms with E-state index in [0.717, 1.165) is 0 Å². The van der Waals surface area contributed by atoms with E-state index in [9.17, 15) is 13.2 Å². The topological polar surface area (TPSA) is 101 Å². The van der Waals surface area contributed by atoms with Gasteiger partial charge in [0.05, 0.1) is 0 Å². The van der Waals surface area contributed by atoms with Crippen molar-refractivity contribution in [1.29, 1.82) is 0 Å². The molecule has 0 aliphatic rings. The maximum Gasteiger partial charge on any atom is 0.245 e. The van der Waals surface area contributed by atoms with E-state index in [2.05, 4.69) is 15.2 Å². The highest BCUT2D eigenvalue weighted by Gasteiger charge is 2.23. The first-order chi connectivity index (χ1) is 10.8. The Bertz CT molecular complexity index is 798. The minimum absolute atomic E-state index is 0.00718. The number of nitrogens with one attached hydrogen (secondary N) is 2. The molecule has 0 radical (unpaired) electrons. The largest absolute Gasteiger partial charge is 0.360 e. The lowest BCUT2D eigenvalue weighted by atomic mass is 10.3. The third-order valence-corrected chi connectivity index (χ3v) is 4.93. The van der Waals surface area contributed by atoms with Crippen molar-refractivity contribution in [2.75, 3.05) is 11.9 Å². The molecule has 0 bridgehead atoms. The van der Waals surface area contributed by atoms with Gasteiger partial charge in [0.2, 0.25) is 15.9 Å². The fourth-order valence-corrected chi connectivity index (χ4v) is 3.57. The summed E-state index contributed by atoms with van der Waals surface area (Å²) >= 11 is 5.82. The van der Waals surface area contributed by atoms with Gasteiger partial charge in [-0.25, -0.2) is 13.1 Å². The van der Waals surface area contributed by atoms with Gasteiger partial charge < -0.3 is 9.84 Å². The number of hydrogen-bond donors (Lipinski definition) is 2. The number of anilines is 1. The Kier molecular flexibility index (Phi) is 5.40. The summed E-state index contributed by atoms with van der Waals surface area (Å²) in [7, 11) is -3.76. The van der Waals surface area contributed by atoms with Gasteiger partial charge >= 0.3 is 0 Å². The van der Waals surface area contributed by atoms with Gasteiger partial charge in [-0.05, 0) is 32.0 Å². The van der Waals surface area contributed by atoms with Crippen molar-refractivity contribution < 1.29 is 17.7 Å². The van der Waals surface area contributed by atoms with Crippen LogP contribution in [0.4, 0.5) is 5.69 Å². The first-order valence-corrected chi connectivity index (χ1v) is 8.63. The Hall–Kier alpha value is -1.90. The maximum atomic E-state index is 12.2. The van der Waals surface area contributed by atoms with Gasteiger partial charge in [0.15, 0.2) is 5.76 Å². The van der Waals surface area contributed by atoms with E-state index in [1.165, 1.54) is 13.8 Å². The second kappa shape index (κ2) is 7.12. The molecule has 9 heteroatoms. The van der Waals surface area contributed by atoms with Gasteiger partial charge in [0, 0.05) is 23.7 Å². The van der Waals surface area contributed by atoms with Gasteiger partial charge in [0.1, 0.15) is 10.6 Å². The van der Waals surface area contributed by atoms with Crippen LogP contribution in [0.5, 0.6) is 0 Å². The molecule has 0 spiro atoms. The second-order valence-corrected chi connectivity index (χ2v) is 7.00. The third-order valence-electron chi connectivity index (χ3n) is 2.99. The van der Waals surface area contributed by atoms with Crippen molar-refractivity contribution in [3.05, 3.63) is 40.7 Å². The Balaban J connectivity index is 1.90. The Labute approximate surface area is 139 Å². The quantitative estimate of drug-likeness (QED) is 0.825. The van der Waals surface area contributed by atoms with Gasteiger partial charge in [-0.3, -0.25) is 4.79 Å². The monoisotopic (exact) mass is 357 g/mol. The van der Waals surface area contributed by atoms with Crippen molar-refractivity contribution in [2.24, 2.45) is 0 Å². The summed E-state index contributed by atoms with van der Waals surface area (Å²) in [5.74, 6) is -0.118. The van der Waals surface area contributed by atoms with Gasteiger partial charge in [-0.15, -0.1) is 0 Å². The molecule has 0 aliphatic heterocycles. The van der Waals surface area contributed by atoms with E-state index < -0.39 is 10.0 Å². The van der Waals surface area contributed by atoms with Crippen molar-refractivity contribution >= 4 is 33.2 Å². The average molecular weight is 358 g/mol. The van der Waals surface area contributed by atoms with Crippen molar-refractivity contribution in [3.63, 3.8) is 0 Å². The minimum Gasteiger partial charge on any atom is -0.360 e. The molecule has 2 aromatic rings. The zero-order chi connectivity index (χ0) is 17.0. The summed E-state index contributed by atoms with van der Waals surface area (Å²) in [4.78, 5) is 11.8. The molecule has 0 aliphatic carbocycles. The molecule has 1 aromatic heterocycles. The second-order valence-electron chi connectivity index (χ2n) is 4.86. The zero-order valence-electron chi connectivity index (χ0n) is 12.6. The van der Waals surface area contributed by atoms with E-state index in [1.54, 1.807) is 24.3 Å². The third kappa shape index (κ3) is 4.54. The number of carbonyl (C=O) groups is 1. The lowest BCUT2D eigenvalue weighted by Gasteiger charge is -2.07. The van der Waals surface area contributed by atoms with Crippen LogP contribution in [0.3, 0.4) is 0 Å². The smallest absolute Gasteiger partial charge is 0.245 e. The van der Waals surface area contributed by atoms with Gasteiger partial charge in [-0.1, -0.05) is 22.8 Å². The molecule has 2 N–H and O–H groups in total. The van der Waals surface area contributed by atoms with Gasteiger partial charge in [-0.2, -0.15) is 0 Å². The van der Waals surface area contributed by atoms with Crippen LogP contribution in [0.15, 0.2) is 33.7 Å². The molecular weight excluding hydrogens is 342 g/mol. The predicted molar refractivity (Wildman–Crippen MR) is 85.9 cm³/mol. The number of halogens is 1. The van der Waals surface area contributed by atoms with Crippen LogP contribution in [-0.4, -0.2) is 26.0 Å². The molecular formula is C14H16ClN3O4S. The molecule has 0 saturated carbocycles. The summed E-state index contributed by atoms with van der Waals surface area (Å²) in [6.45, 7) is 3.01. The number of hydrogen-bond acceptors (Lipinski definition) is 5. The number of sulfonamides is 1. The predicted octanol–water partition coefficient (Wildman–Crippen LogP) is 2.25. The minimum atomic E-state index is -3.76. The fourth-order valence-electron chi connectivity index (χ4n) is 2.02.